The van der Waals surface area contributed by atoms with E-state index in [1.807, 2.05) is 24.3 Å². The predicted molar refractivity (Wildman–Crippen MR) is 135 cm³/mol. The van der Waals surface area contributed by atoms with Crippen LogP contribution in [0.25, 0.3) is 16.9 Å². The number of nitrogens with one attached hydrogen (secondary N) is 2. The highest BCUT2D eigenvalue weighted by Crippen LogP contribution is 2.27. The van der Waals surface area contributed by atoms with Gasteiger partial charge in [0.2, 0.25) is 5.95 Å². The van der Waals surface area contributed by atoms with Gasteiger partial charge in [-0.15, -0.1) is 6.58 Å². The minimum absolute atomic E-state index is 0.174. The lowest BCUT2D eigenvalue weighted by molar-refractivity contribution is 0.541. The molecule has 0 aliphatic carbocycles. The smallest absolute Gasteiger partial charge is 0.278 e. The number of pyridine rings is 1. The first-order chi connectivity index (χ1) is 16.5. The van der Waals surface area contributed by atoms with Crippen LogP contribution in [0.1, 0.15) is 49.6 Å². The summed E-state index contributed by atoms with van der Waals surface area (Å²) in [7, 11) is 0. The third kappa shape index (κ3) is 3.90. The van der Waals surface area contributed by atoms with Crippen molar-refractivity contribution in [1.29, 1.82) is 0 Å². The standard InChI is InChI=1S/C26H29N7O/c1-5-13-32-25(34)21-15-28-26(29-19-10-9-18-11-12-27-17(4)20(18)14-19)31-24(21)33(32)23-8-6-7-22(30-23)16(2)3/h5-10,14-17,27H,1,11-13H2,2-4H3,(H,28,29,31). The Morgan fingerprint density at radius 3 is 2.91 bits per heavy atom. The van der Waals surface area contributed by atoms with Crippen molar-refractivity contribution >= 4 is 22.7 Å². The van der Waals surface area contributed by atoms with Gasteiger partial charge in [0.1, 0.15) is 5.39 Å². The van der Waals surface area contributed by atoms with Gasteiger partial charge in [-0.25, -0.2) is 19.3 Å². The molecule has 0 bridgehead atoms. The maximum Gasteiger partial charge on any atom is 0.278 e. The van der Waals surface area contributed by atoms with Crippen molar-refractivity contribution in [3.63, 3.8) is 0 Å². The summed E-state index contributed by atoms with van der Waals surface area (Å²) in [6.45, 7) is 11.5. The second-order valence-electron chi connectivity index (χ2n) is 8.96. The topological polar surface area (TPSA) is 89.7 Å². The fourth-order valence-corrected chi connectivity index (χ4v) is 4.45. The highest BCUT2D eigenvalue weighted by molar-refractivity contribution is 5.77. The lowest BCUT2D eigenvalue weighted by Gasteiger charge is -2.24. The first kappa shape index (κ1) is 22.0. The Kier molecular flexibility index (Phi) is 5.75. The van der Waals surface area contributed by atoms with Crippen LogP contribution in [0.5, 0.6) is 0 Å². The van der Waals surface area contributed by atoms with Crippen LogP contribution in [0, 0.1) is 0 Å². The molecule has 4 aromatic rings. The van der Waals surface area contributed by atoms with Crippen LogP contribution in [0.3, 0.4) is 0 Å². The van der Waals surface area contributed by atoms with Crippen LogP contribution >= 0.6 is 0 Å². The Bertz CT molecular complexity index is 1430. The molecule has 2 N–H and O–H groups in total. The molecule has 0 saturated carbocycles. The highest BCUT2D eigenvalue weighted by atomic mass is 16.1. The summed E-state index contributed by atoms with van der Waals surface area (Å²) in [5.74, 6) is 1.32. The van der Waals surface area contributed by atoms with Crippen molar-refractivity contribution in [2.75, 3.05) is 11.9 Å². The zero-order chi connectivity index (χ0) is 23.8. The molecular formula is C26H29N7O. The van der Waals surface area contributed by atoms with Crippen LogP contribution in [-0.4, -0.2) is 30.9 Å². The van der Waals surface area contributed by atoms with E-state index in [1.165, 1.54) is 11.1 Å². The first-order valence-electron chi connectivity index (χ1n) is 11.7. The number of hydrogen-bond donors (Lipinski definition) is 2. The maximum atomic E-state index is 13.2. The minimum atomic E-state index is -0.174. The van der Waals surface area contributed by atoms with E-state index in [0.29, 0.717) is 35.4 Å². The van der Waals surface area contributed by atoms with Gasteiger partial charge in [0, 0.05) is 23.6 Å². The molecule has 8 heteroatoms. The lowest BCUT2D eigenvalue weighted by Crippen LogP contribution is -2.27. The van der Waals surface area contributed by atoms with Gasteiger partial charge in [-0.05, 0) is 61.2 Å². The largest absolute Gasteiger partial charge is 0.324 e. The number of rotatable bonds is 6. The molecule has 34 heavy (non-hydrogen) atoms. The number of benzene rings is 1. The van der Waals surface area contributed by atoms with Crippen LogP contribution in [0.2, 0.25) is 0 Å². The molecule has 1 aliphatic heterocycles. The molecule has 1 aliphatic rings. The zero-order valence-electron chi connectivity index (χ0n) is 19.7. The molecule has 0 radical (unpaired) electrons. The molecule has 3 aromatic heterocycles. The van der Waals surface area contributed by atoms with E-state index in [1.54, 1.807) is 21.6 Å². The highest BCUT2D eigenvalue weighted by Gasteiger charge is 2.19. The fourth-order valence-electron chi connectivity index (χ4n) is 4.45. The van der Waals surface area contributed by atoms with Crippen molar-refractivity contribution in [3.8, 4) is 5.82 Å². The third-order valence-corrected chi connectivity index (χ3v) is 6.26. The molecule has 0 saturated heterocycles. The number of nitrogens with zero attached hydrogens (tertiary/aromatic N) is 5. The lowest BCUT2D eigenvalue weighted by atomic mass is 9.95. The second-order valence-corrected chi connectivity index (χ2v) is 8.96. The van der Waals surface area contributed by atoms with E-state index in [2.05, 4.69) is 55.1 Å². The first-order valence-corrected chi connectivity index (χ1v) is 11.7. The molecule has 8 nitrogen and oxygen atoms in total. The van der Waals surface area contributed by atoms with E-state index < -0.39 is 0 Å². The Morgan fingerprint density at radius 1 is 1.26 bits per heavy atom. The number of fused-ring (bicyclic) bond motifs is 2. The van der Waals surface area contributed by atoms with Gasteiger partial charge in [-0.2, -0.15) is 4.98 Å². The molecule has 0 amide bonds. The predicted octanol–water partition coefficient (Wildman–Crippen LogP) is 4.24. The molecule has 5 rings (SSSR count). The van der Waals surface area contributed by atoms with Gasteiger partial charge in [0.05, 0.1) is 6.54 Å². The summed E-state index contributed by atoms with van der Waals surface area (Å²) < 4.78 is 3.35. The van der Waals surface area contributed by atoms with E-state index in [-0.39, 0.29) is 11.5 Å². The van der Waals surface area contributed by atoms with E-state index in [0.717, 1.165) is 24.3 Å². The van der Waals surface area contributed by atoms with Crippen LogP contribution < -0.4 is 16.2 Å². The van der Waals surface area contributed by atoms with Crippen LogP contribution in [0.15, 0.2) is 60.0 Å². The van der Waals surface area contributed by atoms with Gasteiger partial charge in [-0.3, -0.25) is 4.79 Å². The van der Waals surface area contributed by atoms with Crippen molar-refractivity contribution < 1.29 is 0 Å². The Morgan fingerprint density at radius 2 is 2.12 bits per heavy atom. The minimum Gasteiger partial charge on any atom is -0.324 e. The number of aromatic nitrogens is 5. The average Bonchev–Trinajstić information content (AvgIpc) is 3.11. The van der Waals surface area contributed by atoms with Crippen molar-refractivity contribution in [2.45, 2.75) is 45.7 Å². The summed E-state index contributed by atoms with van der Waals surface area (Å²) >= 11 is 0. The van der Waals surface area contributed by atoms with E-state index >= 15 is 0 Å². The van der Waals surface area contributed by atoms with Gasteiger partial charge >= 0.3 is 0 Å². The molecule has 0 spiro atoms. The number of allylic oxidation sites excluding steroid dienone is 1. The molecule has 1 atom stereocenters. The quantitative estimate of drug-likeness (QED) is 0.423. The Balaban J connectivity index is 1.61. The summed E-state index contributed by atoms with van der Waals surface area (Å²) in [5.41, 5.74) is 4.83. The van der Waals surface area contributed by atoms with Gasteiger partial charge in [0.25, 0.3) is 5.56 Å². The second kappa shape index (κ2) is 8.87. The molecule has 1 aromatic carbocycles. The van der Waals surface area contributed by atoms with Crippen LogP contribution in [0.4, 0.5) is 11.6 Å². The molecule has 4 heterocycles. The zero-order valence-corrected chi connectivity index (χ0v) is 19.7. The van der Waals surface area contributed by atoms with Gasteiger partial charge < -0.3 is 10.6 Å². The van der Waals surface area contributed by atoms with Crippen molar-refractivity contribution in [2.24, 2.45) is 0 Å². The number of anilines is 2. The molecule has 174 valence electrons. The molecule has 1 unspecified atom stereocenters. The Labute approximate surface area is 198 Å². The SMILES string of the molecule is C=CCn1c(=O)c2cnc(Nc3ccc4c(c3)C(C)NCC4)nc2n1-c1cccc(C(C)C)n1. The van der Waals surface area contributed by atoms with Crippen LogP contribution in [-0.2, 0) is 13.0 Å². The van der Waals surface area contributed by atoms with Crippen molar-refractivity contribution in [1.82, 2.24) is 29.6 Å². The summed E-state index contributed by atoms with van der Waals surface area (Å²) in [5, 5.41) is 7.26. The molecular weight excluding hydrogens is 426 g/mol. The monoisotopic (exact) mass is 455 g/mol. The molecule has 0 fully saturated rings. The maximum absolute atomic E-state index is 13.2. The summed E-state index contributed by atoms with van der Waals surface area (Å²) in [6, 6.07) is 12.5. The van der Waals surface area contributed by atoms with Gasteiger partial charge in [-0.1, -0.05) is 32.1 Å². The average molecular weight is 456 g/mol. The van der Waals surface area contributed by atoms with E-state index in [9.17, 15) is 4.79 Å². The third-order valence-electron chi connectivity index (χ3n) is 6.26. The fraction of sp³-hybridized carbons (Fsp3) is 0.308. The Hall–Kier alpha value is -3.78. The number of hydrogen-bond acceptors (Lipinski definition) is 6. The normalized spacial score (nSPS) is 15.5. The van der Waals surface area contributed by atoms with Crippen molar-refractivity contribution in [3.05, 3.63) is 82.4 Å². The van der Waals surface area contributed by atoms with E-state index in [4.69, 9.17) is 9.97 Å². The van der Waals surface area contributed by atoms with Gasteiger partial charge in [0.15, 0.2) is 11.5 Å². The summed E-state index contributed by atoms with van der Waals surface area (Å²) in [4.78, 5) is 27.1. The summed E-state index contributed by atoms with van der Waals surface area (Å²) in [6.07, 6.45) is 4.30.